The molecule has 3 aromatic rings. The molecule has 1 aliphatic heterocycles. The Morgan fingerprint density at radius 1 is 1.39 bits per heavy atom. The van der Waals surface area contributed by atoms with Gasteiger partial charge in [-0.25, -0.2) is 0 Å². The summed E-state index contributed by atoms with van der Waals surface area (Å²) in [7, 11) is 0. The maximum atomic E-state index is 13.5. The Labute approximate surface area is 226 Å². The van der Waals surface area contributed by atoms with Gasteiger partial charge in [0.1, 0.15) is 11.6 Å². The molecule has 0 radical (unpaired) electrons. The first kappa shape index (κ1) is 25.6. The smallest absolute Gasteiger partial charge is 0.236 e. The van der Waals surface area contributed by atoms with Crippen molar-refractivity contribution in [3.63, 3.8) is 0 Å². The highest BCUT2D eigenvalue weighted by atomic mass is 32.2. The maximum absolute atomic E-state index is 13.5. The van der Waals surface area contributed by atoms with E-state index in [-0.39, 0.29) is 34.3 Å². The van der Waals surface area contributed by atoms with Crippen LogP contribution >= 0.6 is 23.1 Å². The average molecular weight is 549 g/mol. The summed E-state index contributed by atoms with van der Waals surface area (Å²) in [6.45, 7) is 5.80. The lowest BCUT2D eigenvalue weighted by molar-refractivity contribution is -0.118. The molecular formula is C25H24N8O3S2. The molecule has 1 unspecified atom stereocenters. The third-order valence-corrected chi connectivity index (χ3v) is 8.25. The predicted octanol–water partition coefficient (Wildman–Crippen LogP) is 3.90. The first-order valence-electron chi connectivity index (χ1n) is 11.7. The first-order chi connectivity index (χ1) is 18.2. The van der Waals surface area contributed by atoms with Gasteiger partial charge in [0.15, 0.2) is 15.9 Å². The van der Waals surface area contributed by atoms with Gasteiger partial charge in [0.2, 0.25) is 11.0 Å². The number of nitrogens with one attached hydrogen (secondary N) is 1. The fourth-order valence-corrected chi connectivity index (χ4v) is 6.37. The summed E-state index contributed by atoms with van der Waals surface area (Å²) < 4.78 is 5.50. The monoisotopic (exact) mass is 548 g/mol. The number of Topliss-reactive ketones (excluding diaryl/α,β-unsaturated/α-hetero) is 1. The van der Waals surface area contributed by atoms with E-state index in [4.69, 9.17) is 10.3 Å². The minimum Gasteiger partial charge on any atom is -0.384 e. The van der Waals surface area contributed by atoms with Gasteiger partial charge in [-0.2, -0.15) is 5.26 Å². The molecule has 1 atom stereocenters. The van der Waals surface area contributed by atoms with Gasteiger partial charge in [0.05, 0.1) is 23.3 Å². The molecular weight excluding hydrogens is 524 g/mol. The fraction of sp³-hybridized carbons (Fsp3) is 0.320. The number of hydrogen-bond acceptors (Lipinski definition) is 12. The van der Waals surface area contributed by atoms with Crippen molar-refractivity contribution in [2.24, 2.45) is 11.1 Å². The molecule has 2 aliphatic rings. The van der Waals surface area contributed by atoms with Crippen molar-refractivity contribution in [3.05, 3.63) is 64.6 Å². The Bertz CT molecular complexity index is 1520. The summed E-state index contributed by atoms with van der Waals surface area (Å²) in [6.07, 6.45) is 4.22. The molecule has 3 N–H and O–H groups in total. The zero-order valence-electron chi connectivity index (χ0n) is 20.9. The van der Waals surface area contributed by atoms with Crippen LogP contribution in [0.5, 0.6) is 0 Å². The number of aryl methyl sites for hydroxylation is 1. The lowest BCUT2D eigenvalue weighted by Gasteiger charge is -2.42. The molecule has 194 valence electrons. The number of amides is 1. The van der Waals surface area contributed by atoms with Crippen LogP contribution in [0.15, 0.2) is 62.1 Å². The number of nitriles is 1. The number of nitrogens with two attached hydrogens (primary N) is 1. The van der Waals surface area contributed by atoms with Crippen LogP contribution in [0.4, 0.5) is 10.9 Å². The first-order valence-corrected chi connectivity index (χ1v) is 13.5. The van der Waals surface area contributed by atoms with Crippen molar-refractivity contribution in [2.45, 2.75) is 43.9 Å². The number of carbonyl (C=O) groups excluding carboxylic acids is 2. The second-order valence-corrected chi connectivity index (χ2v) is 12.0. The van der Waals surface area contributed by atoms with Gasteiger partial charge in [-0.15, -0.1) is 10.2 Å². The largest absolute Gasteiger partial charge is 0.384 e. The van der Waals surface area contributed by atoms with Crippen LogP contribution < -0.4 is 16.0 Å². The standard InChI is InChI=1S/C25H24N8O3S2/c1-13-7-18(32-36-13)29-19(35)12-37-24-31-30-23(38-24)33-16-8-25(2,3)9-17(34)21(16)20(15(10-26)22(33)27)14-5-4-6-28-11-14/h4-7,11,20H,8-9,12,27H2,1-3H3,(H,29,32,35). The van der Waals surface area contributed by atoms with Crippen LogP contribution in [0.1, 0.15) is 43.9 Å². The van der Waals surface area contributed by atoms with Gasteiger partial charge < -0.3 is 15.6 Å². The molecule has 1 amide bonds. The minimum absolute atomic E-state index is 0.0331. The SMILES string of the molecule is Cc1cc(NC(=O)CSc2nnc(N3C(N)=C(C#N)C(c4cccnc4)C4=C3CC(C)(C)CC4=O)s2)no1. The molecule has 1 aliphatic carbocycles. The van der Waals surface area contributed by atoms with E-state index in [1.54, 1.807) is 36.4 Å². The molecule has 0 fully saturated rings. The number of anilines is 2. The third kappa shape index (κ3) is 4.92. The molecule has 0 aromatic carbocycles. The lowest BCUT2D eigenvalue weighted by atomic mass is 9.69. The average Bonchev–Trinajstić information content (AvgIpc) is 3.50. The summed E-state index contributed by atoms with van der Waals surface area (Å²) in [5.74, 6) is 0.315. The van der Waals surface area contributed by atoms with E-state index in [9.17, 15) is 14.9 Å². The highest BCUT2D eigenvalue weighted by Gasteiger charge is 2.45. The van der Waals surface area contributed by atoms with Crippen molar-refractivity contribution < 1.29 is 14.1 Å². The second kappa shape index (κ2) is 10.0. The summed E-state index contributed by atoms with van der Waals surface area (Å²) in [5.41, 5.74) is 8.56. The van der Waals surface area contributed by atoms with Gasteiger partial charge in [-0.1, -0.05) is 48.2 Å². The molecule has 4 heterocycles. The Morgan fingerprint density at radius 3 is 2.89 bits per heavy atom. The maximum Gasteiger partial charge on any atom is 0.236 e. The molecule has 38 heavy (non-hydrogen) atoms. The summed E-state index contributed by atoms with van der Waals surface area (Å²) in [6, 6.07) is 7.48. The van der Waals surface area contributed by atoms with E-state index in [0.717, 1.165) is 5.56 Å². The van der Waals surface area contributed by atoms with Crippen molar-refractivity contribution in [2.75, 3.05) is 16.0 Å². The highest BCUT2D eigenvalue weighted by molar-refractivity contribution is 8.01. The van der Waals surface area contributed by atoms with Crippen molar-refractivity contribution in [1.82, 2.24) is 20.3 Å². The Balaban J connectivity index is 1.47. The summed E-state index contributed by atoms with van der Waals surface area (Å²) in [5, 5.41) is 25.5. The Morgan fingerprint density at radius 2 is 2.21 bits per heavy atom. The van der Waals surface area contributed by atoms with E-state index < -0.39 is 5.92 Å². The summed E-state index contributed by atoms with van der Waals surface area (Å²) in [4.78, 5) is 31.7. The zero-order chi connectivity index (χ0) is 27.0. The number of carbonyl (C=O) groups is 2. The predicted molar refractivity (Wildman–Crippen MR) is 142 cm³/mol. The molecule has 0 saturated carbocycles. The topological polar surface area (TPSA) is 164 Å². The molecule has 0 saturated heterocycles. The number of allylic oxidation sites excluding steroid dienone is 3. The highest BCUT2D eigenvalue weighted by Crippen LogP contribution is 2.50. The van der Waals surface area contributed by atoms with Crippen LogP contribution in [0.2, 0.25) is 0 Å². The van der Waals surface area contributed by atoms with Crippen LogP contribution in [0.25, 0.3) is 0 Å². The normalized spacial score (nSPS) is 18.8. The fourth-order valence-electron chi connectivity index (χ4n) is 4.69. The van der Waals surface area contributed by atoms with Crippen LogP contribution in [-0.4, -0.2) is 37.8 Å². The molecule has 3 aromatic heterocycles. The number of rotatable bonds is 6. The van der Waals surface area contributed by atoms with E-state index in [1.165, 1.54) is 23.1 Å². The minimum atomic E-state index is -0.603. The zero-order valence-corrected chi connectivity index (χ0v) is 22.5. The van der Waals surface area contributed by atoms with Gasteiger partial charge >= 0.3 is 0 Å². The van der Waals surface area contributed by atoms with Crippen LogP contribution in [0.3, 0.4) is 0 Å². The second-order valence-electron chi connectivity index (χ2n) is 9.78. The quantitative estimate of drug-likeness (QED) is 0.429. The number of thioether (sulfide) groups is 1. The molecule has 5 rings (SSSR count). The Kier molecular flexibility index (Phi) is 6.77. The van der Waals surface area contributed by atoms with E-state index >= 15 is 0 Å². The molecule has 0 spiro atoms. The van der Waals surface area contributed by atoms with E-state index in [0.29, 0.717) is 45.2 Å². The summed E-state index contributed by atoms with van der Waals surface area (Å²) >= 11 is 2.44. The molecule has 0 bridgehead atoms. The van der Waals surface area contributed by atoms with Crippen molar-refractivity contribution >= 4 is 45.7 Å². The number of pyridine rings is 1. The number of ketones is 1. The van der Waals surface area contributed by atoms with Crippen molar-refractivity contribution in [1.29, 1.82) is 5.26 Å². The molecule has 11 nitrogen and oxygen atoms in total. The van der Waals surface area contributed by atoms with Crippen LogP contribution in [-0.2, 0) is 9.59 Å². The Hall–Kier alpha value is -4.02. The third-order valence-electron chi connectivity index (χ3n) is 6.21. The van der Waals surface area contributed by atoms with Crippen molar-refractivity contribution in [3.8, 4) is 6.07 Å². The van der Waals surface area contributed by atoms with Gasteiger partial charge in [0.25, 0.3) is 0 Å². The number of hydrogen-bond donors (Lipinski definition) is 2. The van der Waals surface area contributed by atoms with Gasteiger partial charge in [0, 0.05) is 36.2 Å². The number of nitrogens with zero attached hydrogens (tertiary/aromatic N) is 6. The number of aromatic nitrogens is 4. The lowest BCUT2D eigenvalue weighted by Crippen LogP contribution is -2.42. The van der Waals surface area contributed by atoms with Gasteiger partial charge in [-0.3, -0.25) is 19.5 Å². The molecule has 13 heteroatoms. The van der Waals surface area contributed by atoms with Crippen LogP contribution in [0, 0.1) is 23.7 Å². The van der Waals surface area contributed by atoms with E-state index in [1.807, 2.05) is 19.9 Å². The van der Waals surface area contributed by atoms with Gasteiger partial charge in [-0.05, 0) is 30.4 Å². The van der Waals surface area contributed by atoms with E-state index in [2.05, 4.69) is 31.7 Å².